The second kappa shape index (κ2) is 6.31. The first-order valence-corrected chi connectivity index (χ1v) is 6.80. The molecule has 2 aromatic rings. The quantitative estimate of drug-likeness (QED) is 0.887. The molecule has 0 aromatic heterocycles. The molecule has 0 bridgehead atoms. The van der Waals surface area contributed by atoms with Gasteiger partial charge in [-0.05, 0) is 23.5 Å². The summed E-state index contributed by atoms with van der Waals surface area (Å²) in [6.07, 6.45) is -0.575. The highest BCUT2D eigenvalue weighted by Gasteiger charge is 2.21. The van der Waals surface area contributed by atoms with Crippen LogP contribution in [0.2, 0.25) is 0 Å². The lowest BCUT2D eigenvalue weighted by Gasteiger charge is -2.14. The Kier molecular flexibility index (Phi) is 4.68. The summed E-state index contributed by atoms with van der Waals surface area (Å²) in [7, 11) is 0. The number of rotatable bonds is 4. The number of aliphatic hydroxyl groups excluding tert-OH is 1. The average Bonchev–Trinajstić information content (AvgIpc) is 2.37. The first-order valence-electron chi connectivity index (χ1n) is 6.80. The average molecular weight is 294 g/mol. The van der Waals surface area contributed by atoms with Gasteiger partial charge in [0, 0.05) is 12.1 Å². The number of hydrogen-bond donors (Lipinski definition) is 1. The molecule has 0 aliphatic rings. The van der Waals surface area contributed by atoms with Gasteiger partial charge in [0.05, 0.1) is 5.56 Å². The van der Waals surface area contributed by atoms with Gasteiger partial charge in [-0.1, -0.05) is 38.1 Å². The summed E-state index contributed by atoms with van der Waals surface area (Å²) in [6.45, 7) is 4.18. The molecule has 21 heavy (non-hydrogen) atoms. The van der Waals surface area contributed by atoms with E-state index >= 15 is 0 Å². The van der Waals surface area contributed by atoms with Gasteiger partial charge in [-0.25, -0.2) is 13.2 Å². The van der Waals surface area contributed by atoms with Crippen LogP contribution in [-0.2, 0) is 6.42 Å². The summed E-state index contributed by atoms with van der Waals surface area (Å²) in [4.78, 5) is 0. The molecule has 2 aromatic carbocycles. The Morgan fingerprint density at radius 2 is 1.48 bits per heavy atom. The fourth-order valence-corrected chi connectivity index (χ4v) is 2.29. The van der Waals surface area contributed by atoms with Gasteiger partial charge in [-0.2, -0.15) is 0 Å². The van der Waals surface area contributed by atoms with E-state index in [4.69, 9.17) is 0 Å². The Balaban J connectivity index is 2.30. The van der Waals surface area contributed by atoms with E-state index in [-0.39, 0.29) is 0 Å². The van der Waals surface area contributed by atoms with Gasteiger partial charge < -0.3 is 5.11 Å². The van der Waals surface area contributed by atoms with Crippen molar-refractivity contribution in [3.8, 4) is 0 Å². The maximum Gasteiger partial charge on any atom is 0.135 e. The van der Waals surface area contributed by atoms with Crippen LogP contribution in [0.15, 0.2) is 36.4 Å². The molecular weight excluding hydrogens is 277 g/mol. The van der Waals surface area contributed by atoms with Crippen molar-refractivity contribution in [1.29, 1.82) is 0 Å². The minimum absolute atomic E-state index is 0.368. The van der Waals surface area contributed by atoms with Gasteiger partial charge in [-0.3, -0.25) is 0 Å². The molecular formula is C17H17F3O. The fraction of sp³-hybridized carbons (Fsp3) is 0.294. The van der Waals surface area contributed by atoms with Crippen LogP contribution in [0.3, 0.4) is 0 Å². The van der Waals surface area contributed by atoms with Crippen molar-refractivity contribution < 1.29 is 18.3 Å². The molecule has 0 aliphatic heterocycles. The van der Waals surface area contributed by atoms with Crippen LogP contribution >= 0.6 is 0 Å². The smallest absolute Gasteiger partial charge is 0.135 e. The molecule has 0 heterocycles. The molecule has 0 amide bonds. The van der Waals surface area contributed by atoms with Crippen LogP contribution in [0.1, 0.15) is 36.6 Å². The van der Waals surface area contributed by atoms with Crippen LogP contribution in [0, 0.1) is 23.4 Å². The topological polar surface area (TPSA) is 20.2 Å². The highest BCUT2D eigenvalue weighted by molar-refractivity contribution is 5.33. The molecule has 1 nitrogen and oxygen atoms in total. The maximum absolute atomic E-state index is 13.7. The van der Waals surface area contributed by atoms with Gasteiger partial charge >= 0.3 is 0 Å². The molecule has 0 saturated carbocycles. The standard InChI is InChI=1S/C17H17F3O/c1-10(2)7-11-3-5-12(6-4-11)17(21)16-14(19)8-13(18)9-15(16)20/h3-6,8-10,17,21H,7H2,1-2H3. The van der Waals surface area contributed by atoms with E-state index in [2.05, 4.69) is 13.8 Å². The van der Waals surface area contributed by atoms with Crippen molar-refractivity contribution in [3.63, 3.8) is 0 Å². The van der Waals surface area contributed by atoms with Gasteiger partial charge in [0.25, 0.3) is 0 Å². The van der Waals surface area contributed by atoms with Crippen molar-refractivity contribution in [1.82, 2.24) is 0 Å². The third-order valence-corrected chi connectivity index (χ3v) is 3.26. The van der Waals surface area contributed by atoms with Crippen molar-refractivity contribution in [2.24, 2.45) is 5.92 Å². The lowest BCUT2D eigenvalue weighted by molar-refractivity contribution is 0.208. The number of benzene rings is 2. The normalized spacial score (nSPS) is 12.7. The molecule has 1 N–H and O–H groups in total. The first-order chi connectivity index (χ1) is 9.88. The van der Waals surface area contributed by atoms with Crippen molar-refractivity contribution in [2.75, 3.05) is 0 Å². The Labute approximate surface area is 122 Å². The minimum atomic E-state index is -1.46. The third kappa shape index (κ3) is 3.64. The number of halogens is 3. The van der Waals surface area contributed by atoms with Crippen molar-refractivity contribution >= 4 is 0 Å². The lowest BCUT2D eigenvalue weighted by atomic mass is 9.97. The SMILES string of the molecule is CC(C)Cc1ccc(C(O)c2c(F)cc(F)cc2F)cc1. The summed E-state index contributed by atoms with van der Waals surface area (Å²) in [5, 5.41) is 10.1. The monoisotopic (exact) mass is 294 g/mol. The van der Waals surface area contributed by atoms with Crippen LogP contribution in [0.4, 0.5) is 13.2 Å². The van der Waals surface area contributed by atoms with Gasteiger partial charge in [-0.15, -0.1) is 0 Å². The predicted octanol–water partition coefficient (Wildman–Crippen LogP) is 4.38. The van der Waals surface area contributed by atoms with Crippen LogP contribution < -0.4 is 0 Å². The van der Waals surface area contributed by atoms with Crippen LogP contribution in [0.5, 0.6) is 0 Å². The highest BCUT2D eigenvalue weighted by Crippen LogP contribution is 2.28. The second-order valence-corrected chi connectivity index (χ2v) is 5.53. The van der Waals surface area contributed by atoms with E-state index in [9.17, 15) is 18.3 Å². The summed E-state index contributed by atoms with van der Waals surface area (Å²) >= 11 is 0. The summed E-state index contributed by atoms with van der Waals surface area (Å²) in [5.41, 5.74) is 0.918. The predicted molar refractivity (Wildman–Crippen MR) is 75.4 cm³/mol. The van der Waals surface area contributed by atoms with E-state index < -0.39 is 29.1 Å². The van der Waals surface area contributed by atoms with E-state index in [1.165, 1.54) is 0 Å². The summed E-state index contributed by atoms with van der Waals surface area (Å²) in [5.74, 6) is -2.70. The van der Waals surface area contributed by atoms with E-state index in [1.807, 2.05) is 12.1 Å². The van der Waals surface area contributed by atoms with Crippen molar-refractivity contribution in [2.45, 2.75) is 26.4 Å². The molecule has 1 unspecified atom stereocenters. The number of aliphatic hydroxyl groups is 1. The van der Waals surface area contributed by atoms with Crippen LogP contribution in [-0.4, -0.2) is 5.11 Å². The molecule has 112 valence electrons. The molecule has 1 atom stereocenters. The maximum atomic E-state index is 13.7. The third-order valence-electron chi connectivity index (χ3n) is 3.26. The highest BCUT2D eigenvalue weighted by atomic mass is 19.1. The summed E-state index contributed by atoms with van der Waals surface area (Å²) < 4.78 is 40.2. The second-order valence-electron chi connectivity index (χ2n) is 5.53. The number of hydrogen-bond acceptors (Lipinski definition) is 1. The zero-order chi connectivity index (χ0) is 15.6. The van der Waals surface area contributed by atoms with Gasteiger partial charge in [0.1, 0.15) is 23.6 Å². The fourth-order valence-electron chi connectivity index (χ4n) is 2.29. The first kappa shape index (κ1) is 15.6. The van der Waals surface area contributed by atoms with Crippen molar-refractivity contribution in [3.05, 3.63) is 70.5 Å². The van der Waals surface area contributed by atoms with E-state index in [0.717, 1.165) is 12.0 Å². The van der Waals surface area contributed by atoms with E-state index in [0.29, 0.717) is 23.6 Å². The Bertz CT molecular complexity index is 597. The minimum Gasteiger partial charge on any atom is -0.383 e. The zero-order valence-corrected chi connectivity index (χ0v) is 11.9. The lowest BCUT2D eigenvalue weighted by Crippen LogP contribution is -2.07. The largest absolute Gasteiger partial charge is 0.383 e. The molecule has 0 aliphatic carbocycles. The Hall–Kier alpha value is -1.81. The van der Waals surface area contributed by atoms with E-state index in [1.54, 1.807) is 12.1 Å². The zero-order valence-electron chi connectivity index (χ0n) is 11.9. The van der Waals surface area contributed by atoms with Gasteiger partial charge in [0.15, 0.2) is 0 Å². The molecule has 4 heteroatoms. The molecule has 0 spiro atoms. The summed E-state index contributed by atoms with van der Waals surface area (Å²) in [6, 6.07) is 8.02. The Morgan fingerprint density at radius 1 is 0.952 bits per heavy atom. The van der Waals surface area contributed by atoms with Gasteiger partial charge in [0.2, 0.25) is 0 Å². The molecule has 2 rings (SSSR count). The molecule has 0 fully saturated rings. The molecule has 0 saturated heterocycles. The Morgan fingerprint density at radius 3 is 1.95 bits per heavy atom. The molecule has 0 radical (unpaired) electrons. The van der Waals surface area contributed by atoms with Crippen LogP contribution in [0.25, 0.3) is 0 Å².